The summed E-state index contributed by atoms with van der Waals surface area (Å²) in [7, 11) is -3.75. The summed E-state index contributed by atoms with van der Waals surface area (Å²) in [5, 5.41) is 5.87. The molecule has 0 fully saturated rings. The average molecular weight is 459 g/mol. The van der Waals surface area contributed by atoms with Crippen LogP contribution in [0.1, 0.15) is 11.1 Å². The lowest BCUT2D eigenvalue weighted by Gasteiger charge is -2.11. The van der Waals surface area contributed by atoms with Gasteiger partial charge in [-0.3, -0.25) is 0 Å². The minimum Gasteiger partial charge on any atom is -0.488 e. The van der Waals surface area contributed by atoms with Gasteiger partial charge in [0.25, 0.3) is 10.0 Å². The molecule has 0 heterocycles. The fourth-order valence-electron chi connectivity index (χ4n) is 2.62. The number of hydrogen-bond acceptors (Lipinski definition) is 4. The fraction of sp³-hybridized carbons (Fsp3) is 0.0952. The number of halogens is 1. The molecule has 3 rings (SSSR count). The molecule has 0 unspecified atom stereocenters. The van der Waals surface area contributed by atoms with Gasteiger partial charge in [-0.25, -0.2) is 4.83 Å². The van der Waals surface area contributed by atoms with Crippen LogP contribution in [0.15, 0.2) is 81.7 Å². The lowest BCUT2D eigenvalue weighted by molar-refractivity contribution is 0.361. The van der Waals surface area contributed by atoms with E-state index >= 15 is 0 Å². The summed E-state index contributed by atoms with van der Waals surface area (Å²) in [6.45, 7) is 5.94. The number of rotatable bonds is 7. The molecule has 0 saturated carbocycles. The molecular weight excluding hydrogens is 440 g/mol. The third-order valence-corrected chi connectivity index (χ3v) is 5.48. The van der Waals surface area contributed by atoms with Crippen LogP contribution in [-0.2, 0) is 10.0 Å². The SMILES string of the molecule is C=C(Br)COc1ccc2ccccc2c1/C=N/NS(=O)(=O)c1ccc(C)cc1. The number of hydrazone groups is 1. The Morgan fingerprint density at radius 1 is 1.14 bits per heavy atom. The molecule has 0 bridgehead atoms. The summed E-state index contributed by atoms with van der Waals surface area (Å²) < 4.78 is 31.3. The number of hydrogen-bond donors (Lipinski definition) is 1. The molecule has 0 amide bonds. The Labute approximate surface area is 172 Å². The number of aryl methyl sites for hydroxylation is 1. The van der Waals surface area contributed by atoms with Gasteiger partial charge in [0.2, 0.25) is 0 Å². The van der Waals surface area contributed by atoms with E-state index in [0.29, 0.717) is 15.8 Å². The largest absolute Gasteiger partial charge is 0.488 e. The zero-order valence-corrected chi connectivity index (χ0v) is 17.6. The number of nitrogens with zero attached hydrogens (tertiary/aromatic N) is 1. The van der Waals surface area contributed by atoms with E-state index in [2.05, 4.69) is 32.4 Å². The molecule has 1 N–H and O–H groups in total. The van der Waals surface area contributed by atoms with Crippen LogP contribution in [0, 0.1) is 6.92 Å². The van der Waals surface area contributed by atoms with Gasteiger partial charge in [0.05, 0.1) is 11.1 Å². The highest BCUT2D eigenvalue weighted by atomic mass is 79.9. The molecule has 0 aromatic heterocycles. The van der Waals surface area contributed by atoms with Gasteiger partial charge in [0, 0.05) is 10.0 Å². The predicted octanol–water partition coefficient (Wildman–Crippen LogP) is 4.75. The highest BCUT2D eigenvalue weighted by Gasteiger charge is 2.13. The molecule has 144 valence electrons. The minimum atomic E-state index is -3.75. The van der Waals surface area contributed by atoms with E-state index in [1.807, 2.05) is 43.3 Å². The fourth-order valence-corrected chi connectivity index (χ4v) is 3.53. The van der Waals surface area contributed by atoms with Crippen LogP contribution in [0.5, 0.6) is 5.75 Å². The van der Waals surface area contributed by atoms with Gasteiger partial charge in [0.15, 0.2) is 0 Å². The number of ether oxygens (including phenoxy) is 1. The Bertz CT molecular complexity index is 1140. The first-order valence-corrected chi connectivity index (χ1v) is 10.7. The van der Waals surface area contributed by atoms with E-state index in [1.165, 1.54) is 6.21 Å². The van der Waals surface area contributed by atoms with Gasteiger partial charge in [-0.2, -0.15) is 13.5 Å². The Morgan fingerprint density at radius 2 is 1.86 bits per heavy atom. The van der Waals surface area contributed by atoms with Gasteiger partial charge in [-0.15, -0.1) is 0 Å². The summed E-state index contributed by atoms with van der Waals surface area (Å²) in [5.41, 5.74) is 1.66. The maximum Gasteiger partial charge on any atom is 0.276 e. The van der Waals surface area contributed by atoms with Crippen LogP contribution in [0.25, 0.3) is 10.8 Å². The van der Waals surface area contributed by atoms with Crippen LogP contribution in [0.3, 0.4) is 0 Å². The molecule has 7 heteroatoms. The zero-order valence-electron chi connectivity index (χ0n) is 15.2. The Hall–Kier alpha value is -2.64. The third-order valence-electron chi connectivity index (χ3n) is 4.01. The molecule has 28 heavy (non-hydrogen) atoms. The van der Waals surface area contributed by atoms with E-state index in [-0.39, 0.29) is 11.5 Å². The van der Waals surface area contributed by atoms with E-state index in [9.17, 15) is 8.42 Å². The van der Waals surface area contributed by atoms with Gasteiger partial charge in [0.1, 0.15) is 12.4 Å². The second kappa shape index (κ2) is 8.58. The second-order valence-electron chi connectivity index (χ2n) is 6.17. The van der Waals surface area contributed by atoms with Crippen molar-refractivity contribution < 1.29 is 13.2 Å². The van der Waals surface area contributed by atoms with E-state index in [0.717, 1.165) is 16.3 Å². The molecule has 0 aliphatic rings. The Kier molecular flexibility index (Phi) is 6.16. The van der Waals surface area contributed by atoms with E-state index < -0.39 is 10.0 Å². The highest BCUT2D eigenvalue weighted by Crippen LogP contribution is 2.27. The average Bonchev–Trinajstić information content (AvgIpc) is 2.67. The van der Waals surface area contributed by atoms with Crippen LogP contribution in [0.4, 0.5) is 0 Å². The van der Waals surface area contributed by atoms with Crippen molar-refractivity contribution in [2.45, 2.75) is 11.8 Å². The first-order chi connectivity index (χ1) is 13.4. The van der Waals surface area contributed by atoms with Crippen LogP contribution >= 0.6 is 15.9 Å². The summed E-state index contributed by atoms with van der Waals surface area (Å²) in [6.07, 6.45) is 1.46. The summed E-state index contributed by atoms with van der Waals surface area (Å²) in [5.74, 6) is 0.581. The summed E-state index contributed by atoms with van der Waals surface area (Å²) in [6, 6.07) is 18.1. The smallest absolute Gasteiger partial charge is 0.276 e. The molecule has 5 nitrogen and oxygen atoms in total. The molecule has 3 aromatic rings. The molecule has 0 aliphatic carbocycles. The summed E-state index contributed by atoms with van der Waals surface area (Å²) >= 11 is 3.27. The monoisotopic (exact) mass is 458 g/mol. The number of fused-ring (bicyclic) bond motifs is 1. The number of benzene rings is 3. The van der Waals surface area contributed by atoms with E-state index in [1.54, 1.807) is 24.3 Å². The first-order valence-electron chi connectivity index (χ1n) is 8.46. The zero-order chi connectivity index (χ0) is 20.1. The molecule has 0 radical (unpaired) electrons. The molecule has 0 spiro atoms. The maximum absolute atomic E-state index is 12.4. The van der Waals surface area contributed by atoms with Crippen molar-refractivity contribution in [1.82, 2.24) is 4.83 Å². The van der Waals surface area contributed by atoms with Crippen molar-refractivity contribution in [3.63, 3.8) is 0 Å². The molecule has 0 aliphatic heterocycles. The predicted molar refractivity (Wildman–Crippen MR) is 117 cm³/mol. The molecule has 0 saturated heterocycles. The van der Waals surface area contributed by atoms with E-state index in [4.69, 9.17) is 4.74 Å². The van der Waals surface area contributed by atoms with Gasteiger partial charge in [-0.05, 0) is 35.9 Å². The quantitative estimate of drug-likeness (QED) is 0.410. The molecule has 3 aromatic carbocycles. The minimum absolute atomic E-state index is 0.153. The van der Waals surface area contributed by atoms with Crippen molar-refractivity contribution >= 4 is 42.9 Å². The second-order valence-corrected chi connectivity index (χ2v) is 8.95. The number of nitrogens with one attached hydrogen (secondary N) is 1. The normalized spacial score (nSPS) is 11.6. The Balaban J connectivity index is 1.92. The topological polar surface area (TPSA) is 67.8 Å². The number of sulfonamides is 1. The van der Waals surface area contributed by atoms with Crippen LogP contribution in [-0.4, -0.2) is 21.2 Å². The molecular formula is C21H19BrN2O3S. The van der Waals surface area contributed by atoms with Gasteiger partial charge >= 0.3 is 0 Å². The van der Waals surface area contributed by atoms with Crippen molar-refractivity contribution in [3.05, 3.63) is 82.9 Å². The lowest BCUT2D eigenvalue weighted by atomic mass is 10.0. The van der Waals surface area contributed by atoms with Crippen molar-refractivity contribution in [3.8, 4) is 5.75 Å². The van der Waals surface area contributed by atoms with Crippen molar-refractivity contribution in [2.24, 2.45) is 5.10 Å². The first kappa shape index (κ1) is 20.1. The van der Waals surface area contributed by atoms with Crippen molar-refractivity contribution in [1.29, 1.82) is 0 Å². The Morgan fingerprint density at radius 3 is 2.57 bits per heavy atom. The van der Waals surface area contributed by atoms with Crippen LogP contribution in [0.2, 0.25) is 0 Å². The standard InChI is InChI=1S/C21H19BrN2O3S/c1-15-7-10-18(11-8-15)28(25,26)24-23-13-20-19-6-4-3-5-17(19)9-12-21(20)27-14-16(2)22/h3-13,24H,2,14H2,1H3/b23-13+. The third kappa shape index (κ3) is 4.79. The lowest BCUT2D eigenvalue weighted by Crippen LogP contribution is -2.18. The summed E-state index contributed by atoms with van der Waals surface area (Å²) in [4.78, 5) is 2.41. The van der Waals surface area contributed by atoms with Crippen molar-refractivity contribution in [2.75, 3.05) is 6.61 Å². The molecule has 0 atom stereocenters. The maximum atomic E-state index is 12.4. The highest BCUT2D eigenvalue weighted by molar-refractivity contribution is 9.11. The van der Waals surface area contributed by atoms with Crippen LogP contribution < -0.4 is 9.57 Å². The van der Waals surface area contributed by atoms with Gasteiger partial charge < -0.3 is 4.74 Å². The van der Waals surface area contributed by atoms with Gasteiger partial charge in [-0.1, -0.05) is 70.5 Å².